The molecule has 3 nitrogen and oxygen atoms in total. The Hall–Kier alpha value is -1.77. The third kappa shape index (κ3) is 2.98. The van der Waals surface area contributed by atoms with Crippen LogP contribution in [0.3, 0.4) is 0 Å². The summed E-state index contributed by atoms with van der Waals surface area (Å²) in [4.78, 5) is 18.6. The number of hydrogen-bond donors (Lipinski definition) is 1. The van der Waals surface area contributed by atoms with E-state index in [-0.39, 0.29) is 1.43 Å². The quantitative estimate of drug-likeness (QED) is 0.804. The number of aryl methyl sites for hydroxylation is 1. The van der Waals surface area contributed by atoms with Crippen LogP contribution in [0.25, 0.3) is 10.9 Å². The van der Waals surface area contributed by atoms with Gasteiger partial charge in [-0.1, -0.05) is 38.0 Å². The molecule has 4 rings (SSSR count). The van der Waals surface area contributed by atoms with E-state index in [9.17, 15) is 4.79 Å². The Morgan fingerprint density at radius 3 is 3.00 bits per heavy atom. The molecule has 1 saturated carbocycles. The van der Waals surface area contributed by atoms with Crippen LogP contribution in [0.4, 0.5) is 0 Å². The second kappa shape index (κ2) is 6.86. The van der Waals surface area contributed by atoms with E-state index in [1.54, 1.807) is 0 Å². The van der Waals surface area contributed by atoms with Gasteiger partial charge in [-0.05, 0) is 55.6 Å². The normalized spacial score (nSPS) is 26.6. The number of carbonyl (C=O) groups is 1. The number of H-pyrrole nitrogens is 1. The van der Waals surface area contributed by atoms with Crippen LogP contribution in [0.2, 0.25) is 0 Å². The Bertz CT molecular complexity index is 751. The van der Waals surface area contributed by atoms with E-state index in [2.05, 4.69) is 47.3 Å². The van der Waals surface area contributed by atoms with Gasteiger partial charge < -0.3 is 9.88 Å². The monoisotopic (exact) mass is 340 g/mol. The summed E-state index contributed by atoms with van der Waals surface area (Å²) in [5.74, 6) is 0.370. The largest absolute Gasteiger partial charge is 0.361 e. The Labute approximate surface area is 152 Å². The lowest BCUT2D eigenvalue weighted by Crippen LogP contribution is -2.55. The van der Waals surface area contributed by atoms with Crippen molar-refractivity contribution in [3.05, 3.63) is 36.0 Å². The molecule has 2 aromatic rings. The molecule has 2 heterocycles. The predicted molar refractivity (Wildman–Crippen MR) is 105 cm³/mol. The van der Waals surface area contributed by atoms with E-state index in [4.69, 9.17) is 0 Å². The average Bonchev–Trinajstić information content (AvgIpc) is 3.08. The van der Waals surface area contributed by atoms with Crippen LogP contribution in [0.5, 0.6) is 0 Å². The van der Waals surface area contributed by atoms with Crippen molar-refractivity contribution in [2.24, 2.45) is 5.41 Å². The lowest BCUT2D eigenvalue weighted by molar-refractivity contribution is -0.142. The molecule has 136 valence electrons. The number of aromatic amines is 1. The fourth-order valence-corrected chi connectivity index (χ4v) is 5.43. The van der Waals surface area contributed by atoms with Crippen molar-refractivity contribution in [3.8, 4) is 0 Å². The minimum atomic E-state index is 0. The van der Waals surface area contributed by atoms with E-state index in [0.29, 0.717) is 23.8 Å². The summed E-state index contributed by atoms with van der Waals surface area (Å²) in [5, 5.41) is 1.26. The van der Waals surface area contributed by atoms with Gasteiger partial charge in [-0.15, -0.1) is 0 Å². The number of hydrogen-bond acceptors (Lipinski definition) is 1. The van der Waals surface area contributed by atoms with Gasteiger partial charge in [0.1, 0.15) is 0 Å². The van der Waals surface area contributed by atoms with E-state index in [0.717, 1.165) is 13.0 Å². The zero-order valence-electron chi connectivity index (χ0n) is 15.4. The summed E-state index contributed by atoms with van der Waals surface area (Å²) in [6.07, 6.45) is 12.5. The minimum absolute atomic E-state index is 0. The third-order valence-corrected chi connectivity index (χ3v) is 6.87. The van der Waals surface area contributed by atoms with Gasteiger partial charge in [-0.25, -0.2) is 0 Å². The molecule has 1 aliphatic heterocycles. The molecule has 1 N–H and O–H groups in total. The van der Waals surface area contributed by atoms with Crippen LogP contribution in [0.15, 0.2) is 30.5 Å². The van der Waals surface area contributed by atoms with Crippen molar-refractivity contribution in [2.45, 2.75) is 70.8 Å². The summed E-state index contributed by atoms with van der Waals surface area (Å²) < 4.78 is 0. The zero-order chi connectivity index (χ0) is 17.3. The van der Waals surface area contributed by atoms with E-state index in [1.807, 2.05) is 0 Å². The highest BCUT2D eigenvalue weighted by atomic mass is 16.2. The third-order valence-electron chi connectivity index (χ3n) is 6.87. The minimum Gasteiger partial charge on any atom is -0.361 e. The average molecular weight is 341 g/mol. The van der Waals surface area contributed by atoms with Crippen LogP contribution in [0.1, 0.15) is 65.3 Å². The predicted octanol–water partition coefficient (Wildman–Crippen LogP) is 5.31. The molecule has 1 aromatic heterocycles. The van der Waals surface area contributed by atoms with Crippen LogP contribution in [-0.4, -0.2) is 28.4 Å². The topological polar surface area (TPSA) is 36.1 Å². The lowest BCUT2D eigenvalue weighted by atomic mass is 9.63. The molecule has 1 saturated heterocycles. The molecule has 2 aliphatic rings. The highest BCUT2D eigenvalue weighted by Gasteiger charge is 2.45. The fraction of sp³-hybridized carbons (Fsp3) is 0.591. The molecule has 1 amide bonds. The first-order chi connectivity index (χ1) is 12.2. The second-order valence-corrected chi connectivity index (χ2v) is 8.03. The highest BCUT2D eigenvalue weighted by molar-refractivity contribution is 5.84. The van der Waals surface area contributed by atoms with Gasteiger partial charge in [0.15, 0.2) is 0 Å². The number of nitrogens with one attached hydrogen (secondary N) is 1. The molecular weight excluding hydrogens is 308 g/mol. The van der Waals surface area contributed by atoms with Gasteiger partial charge in [0.25, 0.3) is 0 Å². The number of piperidine rings is 1. The molecule has 0 spiro atoms. The van der Waals surface area contributed by atoms with Gasteiger partial charge in [-0.3, -0.25) is 4.79 Å². The lowest BCUT2D eigenvalue weighted by Gasteiger charge is -2.53. The summed E-state index contributed by atoms with van der Waals surface area (Å²) >= 11 is 0. The standard InChI is InChI=1S/C22H30N2O.H2/c1-2-22-13-6-5-10-20(22)24(15-7-14-22)21(25)12-11-17-16-23-19-9-4-3-8-18(17)19;/h3-4,8-9,16,20,23H,2,5-7,10-15H2,1H3;1H. The van der Waals surface area contributed by atoms with Gasteiger partial charge >= 0.3 is 0 Å². The Morgan fingerprint density at radius 1 is 1.28 bits per heavy atom. The molecule has 1 aromatic carbocycles. The molecule has 25 heavy (non-hydrogen) atoms. The van der Waals surface area contributed by atoms with Crippen LogP contribution < -0.4 is 0 Å². The maximum Gasteiger partial charge on any atom is 0.223 e. The first-order valence-corrected chi connectivity index (χ1v) is 10.1. The molecule has 0 bridgehead atoms. The van der Waals surface area contributed by atoms with Crippen LogP contribution in [0, 0.1) is 5.41 Å². The number of amides is 1. The molecule has 2 fully saturated rings. The number of likely N-dealkylation sites (tertiary alicyclic amines) is 1. The van der Waals surface area contributed by atoms with Gasteiger partial charge in [0, 0.05) is 37.5 Å². The van der Waals surface area contributed by atoms with Crippen molar-refractivity contribution in [3.63, 3.8) is 0 Å². The molecule has 3 heteroatoms. The summed E-state index contributed by atoms with van der Waals surface area (Å²) in [7, 11) is 0. The smallest absolute Gasteiger partial charge is 0.223 e. The number of aromatic nitrogens is 1. The Balaban J connectivity index is 0.00000196. The van der Waals surface area contributed by atoms with Gasteiger partial charge in [0.2, 0.25) is 5.91 Å². The van der Waals surface area contributed by atoms with E-state index >= 15 is 0 Å². The summed E-state index contributed by atoms with van der Waals surface area (Å²) in [6, 6.07) is 8.87. The van der Waals surface area contributed by atoms with Gasteiger partial charge in [0.05, 0.1) is 0 Å². The van der Waals surface area contributed by atoms with Crippen molar-refractivity contribution in [2.75, 3.05) is 6.54 Å². The van der Waals surface area contributed by atoms with Crippen molar-refractivity contribution in [1.29, 1.82) is 0 Å². The van der Waals surface area contributed by atoms with Gasteiger partial charge in [-0.2, -0.15) is 0 Å². The van der Waals surface area contributed by atoms with E-state index < -0.39 is 0 Å². The molecule has 0 radical (unpaired) electrons. The SMILES string of the molecule is CCC12CCCCC1N(C(=O)CCc1c[nH]c3ccccc13)CCC2.[HH]. The maximum absolute atomic E-state index is 13.1. The molecule has 2 atom stereocenters. The fourth-order valence-electron chi connectivity index (χ4n) is 5.43. The molecular formula is C22H32N2O. The first kappa shape index (κ1) is 16.7. The Morgan fingerprint density at radius 2 is 2.12 bits per heavy atom. The van der Waals surface area contributed by atoms with Crippen molar-refractivity contribution >= 4 is 16.8 Å². The summed E-state index contributed by atoms with van der Waals surface area (Å²) in [6.45, 7) is 3.30. The number of benzene rings is 1. The Kier molecular flexibility index (Phi) is 4.58. The zero-order valence-corrected chi connectivity index (χ0v) is 15.4. The number of nitrogens with zero attached hydrogens (tertiary/aromatic N) is 1. The molecule has 2 unspecified atom stereocenters. The maximum atomic E-state index is 13.1. The number of fused-ring (bicyclic) bond motifs is 2. The molecule has 1 aliphatic carbocycles. The highest BCUT2D eigenvalue weighted by Crippen LogP contribution is 2.48. The van der Waals surface area contributed by atoms with Crippen LogP contribution >= 0.6 is 0 Å². The summed E-state index contributed by atoms with van der Waals surface area (Å²) in [5.41, 5.74) is 2.85. The van der Waals surface area contributed by atoms with Crippen molar-refractivity contribution in [1.82, 2.24) is 9.88 Å². The first-order valence-electron chi connectivity index (χ1n) is 10.1. The second-order valence-electron chi connectivity index (χ2n) is 8.03. The van der Waals surface area contributed by atoms with Crippen molar-refractivity contribution < 1.29 is 6.22 Å². The number of para-hydroxylation sites is 1. The number of carbonyl (C=O) groups excluding carboxylic acids is 1. The van der Waals surface area contributed by atoms with E-state index in [1.165, 1.54) is 61.4 Å². The number of rotatable bonds is 4. The van der Waals surface area contributed by atoms with Crippen LogP contribution in [-0.2, 0) is 11.2 Å².